The molecule has 0 unspecified atom stereocenters. The Morgan fingerprint density at radius 2 is 1.72 bits per heavy atom. The minimum Gasteiger partial charge on any atom is -0.490 e. The topological polar surface area (TPSA) is 102 Å². The fraction of sp³-hybridized carbons (Fsp3) is 0.368. The average molecular weight is 441 g/mol. The molecule has 2 aromatic rings. The Morgan fingerprint density at radius 1 is 1.10 bits per heavy atom. The van der Waals surface area contributed by atoms with Gasteiger partial charge in [0.1, 0.15) is 24.0 Å². The monoisotopic (exact) mass is 440 g/mol. The summed E-state index contributed by atoms with van der Waals surface area (Å²) in [6.45, 7) is 5.15. The van der Waals surface area contributed by atoms with Crippen molar-refractivity contribution in [3.8, 4) is 5.75 Å². The number of carbonyl (C=O) groups is 2. The highest BCUT2D eigenvalue weighted by atomic mass is 32.2. The van der Waals surface area contributed by atoms with Crippen molar-refractivity contribution in [1.29, 1.82) is 0 Å². The number of benzene rings is 1. The van der Waals surface area contributed by atoms with E-state index in [1.807, 2.05) is 6.92 Å². The van der Waals surface area contributed by atoms with Gasteiger partial charge in [-0.25, -0.2) is 17.5 Å². The minimum atomic E-state index is -3.50. The molecule has 8 nitrogen and oxygen atoms in total. The summed E-state index contributed by atoms with van der Waals surface area (Å²) in [4.78, 5) is 24.8. The average Bonchev–Trinajstić information content (AvgIpc) is 2.91. The number of ether oxygens (including phenoxy) is 2. The van der Waals surface area contributed by atoms with Gasteiger partial charge in [-0.05, 0) is 43.7 Å². The molecule has 0 bridgehead atoms. The second-order valence-corrected chi connectivity index (χ2v) is 9.79. The van der Waals surface area contributed by atoms with Crippen LogP contribution in [0, 0.1) is 13.8 Å². The first-order chi connectivity index (χ1) is 13.5. The molecule has 1 aromatic carbocycles. The van der Waals surface area contributed by atoms with Crippen LogP contribution in [0.15, 0.2) is 29.2 Å². The van der Waals surface area contributed by atoms with E-state index in [0.717, 1.165) is 14.7 Å². The summed E-state index contributed by atoms with van der Waals surface area (Å²) in [5, 5.41) is 3.12. The van der Waals surface area contributed by atoms with Crippen LogP contribution in [0.25, 0.3) is 0 Å². The molecule has 0 atom stereocenters. The van der Waals surface area contributed by atoms with Gasteiger partial charge < -0.3 is 14.8 Å². The van der Waals surface area contributed by atoms with Gasteiger partial charge in [-0.2, -0.15) is 0 Å². The van der Waals surface area contributed by atoms with E-state index >= 15 is 0 Å². The SMILES string of the molecule is CC(=O)Nc1sc(C)c(C)c1C(=O)OCCOc1ccc(S(=O)(=O)N(C)C)cc1. The van der Waals surface area contributed by atoms with Crippen LogP contribution in [0.4, 0.5) is 5.00 Å². The molecule has 1 amide bonds. The van der Waals surface area contributed by atoms with Crippen molar-refractivity contribution < 1.29 is 27.5 Å². The lowest BCUT2D eigenvalue weighted by Gasteiger charge is -2.12. The van der Waals surface area contributed by atoms with Crippen LogP contribution in [0.2, 0.25) is 0 Å². The molecule has 10 heteroatoms. The van der Waals surface area contributed by atoms with Crippen molar-refractivity contribution in [3.63, 3.8) is 0 Å². The maximum Gasteiger partial charge on any atom is 0.341 e. The van der Waals surface area contributed by atoms with Gasteiger partial charge in [-0.15, -0.1) is 11.3 Å². The number of anilines is 1. The van der Waals surface area contributed by atoms with Crippen molar-refractivity contribution in [2.75, 3.05) is 32.6 Å². The first-order valence-electron chi connectivity index (χ1n) is 8.74. The predicted molar refractivity (Wildman–Crippen MR) is 111 cm³/mol. The Labute approximate surface area is 174 Å². The molecule has 0 saturated heterocycles. The van der Waals surface area contributed by atoms with Gasteiger partial charge in [0.15, 0.2) is 0 Å². The summed E-state index contributed by atoms with van der Waals surface area (Å²) in [5.41, 5.74) is 1.11. The molecule has 0 aliphatic heterocycles. The molecule has 0 aliphatic carbocycles. The van der Waals surface area contributed by atoms with Gasteiger partial charge in [0.2, 0.25) is 15.9 Å². The lowest BCUT2D eigenvalue weighted by Crippen LogP contribution is -2.22. The Morgan fingerprint density at radius 3 is 2.28 bits per heavy atom. The maximum atomic E-state index is 12.4. The maximum absolute atomic E-state index is 12.4. The molecule has 0 aliphatic rings. The molecule has 29 heavy (non-hydrogen) atoms. The number of esters is 1. The second kappa shape index (κ2) is 9.38. The zero-order valence-electron chi connectivity index (χ0n) is 16.9. The molecular formula is C19H24N2O6S2. The number of nitrogens with zero attached hydrogens (tertiary/aromatic N) is 1. The molecule has 158 valence electrons. The molecule has 0 fully saturated rings. The van der Waals surface area contributed by atoms with Gasteiger partial charge >= 0.3 is 5.97 Å². The fourth-order valence-electron chi connectivity index (χ4n) is 2.41. The highest BCUT2D eigenvalue weighted by Gasteiger charge is 2.21. The predicted octanol–water partition coefficient (Wildman–Crippen LogP) is 2.81. The lowest BCUT2D eigenvalue weighted by atomic mass is 10.1. The third kappa shape index (κ3) is 5.55. The molecule has 0 radical (unpaired) electrons. The highest BCUT2D eigenvalue weighted by Crippen LogP contribution is 2.33. The number of aryl methyl sites for hydroxylation is 1. The number of rotatable bonds is 8. The number of hydrogen-bond acceptors (Lipinski definition) is 7. The van der Waals surface area contributed by atoms with Crippen LogP contribution in [-0.2, 0) is 19.6 Å². The fourth-order valence-corrected chi connectivity index (χ4v) is 4.40. The Kier molecular flexibility index (Phi) is 7.39. The van der Waals surface area contributed by atoms with Crippen LogP contribution >= 0.6 is 11.3 Å². The quantitative estimate of drug-likeness (QED) is 0.500. The van der Waals surface area contributed by atoms with Gasteiger partial charge in [-0.3, -0.25) is 4.79 Å². The first-order valence-corrected chi connectivity index (χ1v) is 11.0. The third-order valence-electron chi connectivity index (χ3n) is 4.07. The van der Waals surface area contributed by atoms with E-state index in [4.69, 9.17) is 9.47 Å². The van der Waals surface area contributed by atoms with E-state index < -0.39 is 16.0 Å². The van der Waals surface area contributed by atoms with E-state index in [-0.39, 0.29) is 24.0 Å². The Bertz CT molecular complexity index is 994. The van der Waals surface area contributed by atoms with E-state index in [1.54, 1.807) is 19.1 Å². The van der Waals surface area contributed by atoms with Crippen molar-refractivity contribution in [2.45, 2.75) is 25.7 Å². The van der Waals surface area contributed by atoms with E-state index in [2.05, 4.69) is 5.32 Å². The summed E-state index contributed by atoms with van der Waals surface area (Å²) in [5.74, 6) is -0.338. The molecule has 1 aromatic heterocycles. The zero-order valence-corrected chi connectivity index (χ0v) is 18.6. The van der Waals surface area contributed by atoms with Crippen molar-refractivity contribution in [1.82, 2.24) is 4.31 Å². The highest BCUT2D eigenvalue weighted by molar-refractivity contribution is 7.89. The summed E-state index contributed by atoms with van der Waals surface area (Å²) in [6.07, 6.45) is 0. The van der Waals surface area contributed by atoms with Crippen LogP contribution in [0.1, 0.15) is 27.7 Å². The minimum absolute atomic E-state index is 0.00439. The normalized spacial score (nSPS) is 11.4. The summed E-state index contributed by atoms with van der Waals surface area (Å²) >= 11 is 1.32. The molecule has 1 N–H and O–H groups in total. The zero-order chi connectivity index (χ0) is 21.8. The smallest absolute Gasteiger partial charge is 0.341 e. The van der Waals surface area contributed by atoms with E-state index in [1.165, 1.54) is 44.5 Å². The summed E-state index contributed by atoms with van der Waals surface area (Å²) in [7, 11) is -0.575. The summed E-state index contributed by atoms with van der Waals surface area (Å²) < 4.78 is 36.0. The standard InChI is InChI=1S/C19H24N2O6S2/c1-12-13(2)28-18(20-14(3)22)17(12)19(23)27-11-10-26-15-6-8-16(9-7-15)29(24,25)21(4)5/h6-9H,10-11H2,1-5H3,(H,20,22). The van der Waals surface area contributed by atoms with Crippen LogP contribution in [0.5, 0.6) is 5.75 Å². The van der Waals surface area contributed by atoms with Crippen LogP contribution in [0.3, 0.4) is 0 Å². The van der Waals surface area contributed by atoms with Crippen molar-refractivity contribution in [3.05, 3.63) is 40.3 Å². The van der Waals surface area contributed by atoms with Crippen molar-refractivity contribution in [2.24, 2.45) is 0 Å². The molecular weight excluding hydrogens is 416 g/mol. The van der Waals surface area contributed by atoms with Gasteiger partial charge in [0.25, 0.3) is 0 Å². The van der Waals surface area contributed by atoms with E-state index in [0.29, 0.717) is 16.3 Å². The number of sulfonamides is 1. The largest absolute Gasteiger partial charge is 0.490 e. The molecule has 0 saturated carbocycles. The van der Waals surface area contributed by atoms with Crippen LogP contribution in [-0.4, -0.2) is 51.9 Å². The number of hydrogen-bond donors (Lipinski definition) is 1. The molecule has 2 rings (SSSR count). The number of thiophene rings is 1. The second-order valence-electron chi connectivity index (χ2n) is 6.41. The third-order valence-corrected chi connectivity index (χ3v) is 7.02. The molecule has 0 spiro atoms. The number of carbonyl (C=O) groups excluding carboxylic acids is 2. The van der Waals surface area contributed by atoms with Crippen LogP contribution < -0.4 is 10.1 Å². The molecule has 1 heterocycles. The lowest BCUT2D eigenvalue weighted by molar-refractivity contribution is -0.114. The van der Waals surface area contributed by atoms with Gasteiger partial charge in [0, 0.05) is 25.9 Å². The first kappa shape index (κ1) is 22.9. The Hall–Kier alpha value is -2.43. The van der Waals surface area contributed by atoms with Gasteiger partial charge in [0.05, 0.1) is 10.5 Å². The van der Waals surface area contributed by atoms with Crippen molar-refractivity contribution >= 4 is 38.2 Å². The number of amides is 1. The number of nitrogens with one attached hydrogen (secondary N) is 1. The Balaban J connectivity index is 1.93. The van der Waals surface area contributed by atoms with Gasteiger partial charge in [-0.1, -0.05) is 0 Å². The van der Waals surface area contributed by atoms with E-state index in [9.17, 15) is 18.0 Å². The summed E-state index contributed by atoms with van der Waals surface area (Å²) in [6, 6.07) is 5.99.